The van der Waals surface area contributed by atoms with Crippen LogP contribution in [0.15, 0.2) is 59.4 Å². The van der Waals surface area contributed by atoms with Crippen molar-refractivity contribution in [1.82, 2.24) is 9.55 Å². The Kier molecular flexibility index (Phi) is 6.12. The highest BCUT2D eigenvalue weighted by Crippen LogP contribution is 2.18. The zero-order valence-electron chi connectivity index (χ0n) is 17.3. The lowest BCUT2D eigenvalue weighted by Gasteiger charge is -2.22. The van der Waals surface area contributed by atoms with Gasteiger partial charge in [0.1, 0.15) is 6.54 Å². The molecule has 1 heterocycles. The van der Waals surface area contributed by atoms with Gasteiger partial charge in [-0.25, -0.2) is 4.98 Å². The van der Waals surface area contributed by atoms with Crippen molar-refractivity contribution >= 4 is 17.5 Å². The standard InChI is InChI=1S/C23H26N4O2/c1-16-9-8-12-20(18(16)3)25-21(28)15-27-22(29)13-17(2)24-23(27)26(4)14-19-10-6-5-7-11-19/h5-13H,14-15H2,1-4H3,(H,25,28). The van der Waals surface area contributed by atoms with E-state index in [4.69, 9.17) is 0 Å². The molecule has 0 aliphatic heterocycles. The molecule has 0 saturated carbocycles. The molecule has 29 heavy (non-hydrogen) atoms. The molecule has 3 aromatic rings. The van der Waals surface area contributed by atoms with Gasteiger partial charge in [-0.05, 0) is 43.5 Å². The van der Waals surface area contributed by atoms with Crippen LogP contribution in [0.1, 0.15) is 22.4 Å². The van der Waals surface area contributed by atoms with E-state index in [1.54, 1.807) is 6.92 Å². The first-order chi connectivity index (χ1) is 13.8. The van der Waals surface area contributed by atoms with E-state index in [1.807, 2.05) is 74.3 Å². The van der Waals surface area contributed by atoms with Crippen molar-refractivity contribution in [3.05, 3.63) is 87.3 Å². The lowest BCUT2D eigenvalue weighted by atomic mass is 10.1. The van der Waals surface area contributed by atoms with Gasteiger partial charge in [-0.1, -0.05) is 42.5 Å². The van der Waals surface area contributed by atoms with Gasteiger partial charge in [-0.15, -0.1) is 0 Å². The molecule has 3 rings (SSSR count). The van der Waals surface area contributed by atoms with Gasteiger partial charge >= 0.3 is 0 Å². The molecule has 0 aliphatic rings. The molecule has 0 unspecified atom stereocenters. The SMILES string of the molecule is Cc1cc(=O)n(CC(=O)Nc2cccc(C)c2C)c(N(C)Cc2ccccc2)n1. The quantitative estimate of drug-likeness (QED) is 0.700. The van der Waals surface area contributed by atoms with Crippen LogP contribution >= 0.6 is 0 Å². The first kappa shape index (κ1) is 20.3. The van der Waals surface area contributed by atoms with E-state index in [1.165, 1.54) is 10.6 Å². The Labute approximate surface area is 170 Å². The molecule has 1 N–H and O–H groups in total. The van der Waals surface area contributed by atoms with Crippen LogP contribution in [0, 0.1) is 20.8 Å². The molecular formula is C23H26N4O2. The van der Waals surface area contributed by atoms with Crippen LogP contribution in [0.4, 0.5) is 11.6 Å². The number of hydrogen-bond donors (Lipinski definition) is 1. The minimum absolute atomic E-state index is 0.103. The van der Waals surface area contributed by atoms with Crippen LogP contribution in [0.5, 0.6) is 0 Å². The van der Waals surface area contributed by atoms with E-state index in [-0.39, 0.29) is 18.0 Å². The summed E-state index contributed by atoms with van der Waals surface area (Å²) in [6.45, 7) is 6.21. The number of nitrogens with one attached hydrogen (secondary N) is 1. The Morgan fingerprint density at radius 1 is 1.07 bits per heavy atom. The van der Waals surface area contributed by atoms with E-state index >= 15 is 0 Å². The fourth-order valence-corrected chi connectivity index (χ4v) is 3.19. The van der Waals surface area contributed by atoms with Gasteiger partial charge in [0, 0.05) is 31.0 Å². The van der Waals surface area contributed by atoms with Crippen molar-refractivity contribution in [2.45, 2.75) is 33.9 Å². The van der Waals surface area contributed by atoms with Crippen LogP contribution in [0.2, 0.25) is 0 Å². The van der Waals surface area contributed by atoms with Gasteiger partial charge in [0.25, 0.3) is 5.56 Å². The normalized spacial score (nSPS) is 10.6. The average molecular weight is 390 g/mol. The molecule has 6 heteroatoms. The molecule has 0 atom stereocenters. The predicted molar refractivity (Wildman–Crippen MR) is 116 cm³/mol. The second-order valence-corrected chi connectivity index (χ2v) is 7.26. The van der Waals surface area contributed by atoms with Crippen LogP contribution in [0.25, 0.3) is 0 Å². The number of aromatic nitrogens is 2. The fraction of sp³-hybridized carbons (Fsp3) is 0.261. The smallest absolute Gasteiger partial charge is 0.255 e. The van der Waals surface area contributed by atoms with E-state index in [0.29, 0.717) is 18.2 Å². The highest BCUT2D eigenvalue weighted by atomic mass is 16.2. The summed E-state index contributed by atoms with van der Waals surface area (Å²) >= 11 is 0. The summed E-state index contributed by atoms with van der Waals surface area (Å²) in [5, 5.41) is 2.91. The minimum atomic E-state index is -0.263. The average Bonchev–Trinajstić information content (AvgIpc) is 2.68. The second kappa shape index (κ2) is 8.73. The molecule has 0 bridgehead atoms. The minimum Gasteiger partial charge on any atom is -0.341 e. The summed E-state index contributed by atoms with van der Waals surface area (Å²) in [4.78, 5) is 31.8. The molecule has 1 amide bonds. The first-order valence-electron chi connectivity index (χ1n) is 9.55. The van der Waals surface area contributed by atoms with Gasteiger partial charge in [0.2, 0.25) is 11.9 Å². The van der Waals surface area contributed by atoms with Crippen molar-refractivity contribution in [3.8, 4) is 0 Å². The monoisotopic (exact) mass is 390 g/mol. The lowest BCUT2D eigenvalue weighted by Crippen LogP contribution is -2.34. The summed E-state index contributed by atoms with van der Waals surface area (Å²) < 4.78 is 1.41. The van der Waals surface area contributed by atoms with Gasteiger partial charge in [-0.3, -0.25) is 14.2 Å². The Morgan fingerprint density at radius 3 is 2.52 bits per heavy atom. The summed E-state index contributed by atoms with van der Waals surface area (Å²) in [5.41, 5.74) is 4.33. The molecule has 150 valence electrons. The molecule has 0 radical (unpaired) electrons. The summed E-state index contributed by atoms with van der Waals surface area (Å²) in [6, 6.07) is 17.1. The third-order valence-corrected chi connectivity index (χ3v) is 4.90. The number of anilines is 2. The largest absolute Gasteiger partial charge is 0.341 e. The molecule has 0 saturated heterocycles. The number of hydrogen-bond acceptors (Lipinski definition) is 4. The molecule has 0 spiro atoms. The maximum absolute atomic E-state index is 12.7. The number of benzene rings is 2. The Balaban J connectivity index is 1.85. The molecule has 2 aromatic carbocycles. The van der Waals surface area contributed by atoms with Gasteiger partial charge in [0.15, 0.2) is 0 Å². The zero-order valence-corrected chi connectivity index (χ0v) is 17.3. The Bertz CT molecular complexity index is 1070. The molecule has 1 aromatic heterocycles. The number of nitrogens with zero attached hydrogens (tertiary/aromatic N) is 3. The maximum Gasteiger partial charge on any atom is 0.255 e. The van der Waals surface area contributed by atoms with Gasteiger partial charge in [0.05, 0.1) is 0 Å². The number of amides is 1. The summed E-state index contributed by atoms with van der Waals surface area (Å²) in [6.07, 6.45) is 0. The second-order valence-electron chi connectivity index (χ2n) is 7.26. The zero-order chi connectivity index (χ0) is 21.0. The molecular weight excluding hydrogens is 364 g/mol. The van der Waals surface area contributed by atoms with Crippen molar-refractivity contribution in [2.24, 2.45) is 0 Å². The van der Waals surface area contributed by atoms with E-state index in [9.17, 15) is 9.59 Å². The van der Waals surface area contributed by atoms with E-state index < -0.39 is 0 Å². The number of carbonyl (C=O) groups is 1. The van der Waals surface area contributed by atoms with E-state index in [2.05, 4.69) is 10.3 Å². The number of aryl methyl sites for hydroxylation is 2. The topological polar surface area (TPSA) is 67.2 Å². The number of carbonyl (C=O) groups excluding carboxylic acids is 1. The Morgan fingerprint density at radius 2 is 1.79 bits per heavy atom. The summed E-state index contributed by atoms with van der Waals surface area (Å²) in [5.74, 6) is 0.204. The highest BCUT2D eigenvalue weighted by molar-refractivity contribution is 5.91. The number of rotatable bonds is 6. The van der Waals surface area contributed by atoms with Crippen molar-refractivity contribution < 1.29 is 4.79 Å². The third kappa shape index (κ3) is 4.90. The van der Waals surface area contributed by atoms with Gasteiger partial charge < -0.3 is 10.2 Å². The molecule has 6 nitrogen and oxygen atoms in total. The fourth-order valence-electron chi connectivity index (χ4n) is 3.19. The van der Waals surface area contributed by atoms with Crippen LogP contribution in [-0.2, 0) is 17.9 Å². The Hall–Kier alpha value is -3.41. The lowest BCUT2D eigenvalue weighted by molar-refractivity contribution is -0.116. The van der Waals surface area contributed by atoms with Crippen molar-refractivity contribution in [3.63, 3.8) is 0 Å². The highest BCUT2D eigenvalue weighted by Gasteiger charge is 2.16. The van der Waals surface area contributed by atoms with Crippen LogP contribution in [-0.4, -0.2) is 22.5 Å². The van der Waals surface area contributed by atoms with E-state index in [0.717, 1.165) is 22.4 Å². The van der Waals surface area contributed by atoms with Crippen LogP contribution < -0.4 is 15.8 Å². The van der Waals surface area contributed by atoms with Crippen molar-refractivity contribution in [2.75, 3.05) is 17.3 Å². The molecule has 0 aliphatic carbocycles. The molecule has 0 fully saturated rings. The third-order valence-electron chi connectivity index (χ3n) is 4.90. The van der Waals surface area contributed by atoms with Crippen LogP contribution in [0.3, 0.4) is 0 Å². The van der Waals surface area contributed by atoms with Crippen molar-refractivity contribution in [1.29, 1.82) is 0 Å². The maximum atomic E-state index is 12.7. The first-order valence-corrected chi connectivity index (χ1v) is 9.55. The van der Waals surface area contributed by atoms with Gasteiger partial charge in [-0.2, -0.15) is 0 Å². The predicted octanol–water partition coefficient (Wildman–Crippen LogP) is 3.44. The summed E-state index contributed by atoms with van der Waals surface area (Å²) in [7, 11) is 1.87.